The highest BCUT2D eigenvalue weighted by molar-refractivity contribution is 9.10. The third-order valence-corrected chi connectivity index (χ3v) is 3.87. The fourth-order valence-electron chi connectivity index (χ4n) is 1.95. The molecule has 0 saturated carbocycles. The summed E-state index contributed by atoms with van der Waals surface area (Å²) in [4.78, 5) is 12.1. The van der Waals surface area contributed by atoms with Crippen LogP contribution in [0.2, 0.25) is 5.02 Å². The maximum absolute atomic E-state index is 12.1. The van der Waals surface area contributed by atoms with Gasteiger partial charge in [0.05, 0.1) is 0 Å². The minimum Gasteiger partial charge on any atom is -0.349 e. The third-order valence-electron chi connectivity index (χ3n) is 2.97. The number of rotatable bonds is 4. The summed E-state index contributed by atoms with van der Waals surface area (Å²) in [5.41, 5.74) is 1.69. The fraction of sp³-hybridized carbons (Fsp3) is 0.188. The molecule has 0 heterocycles. The normalized spacial score (nSPS) is 11.9. The van der Waals surface area contributed by atoms with Crippen molar-refractivity contribution in [2.75, 3.05) is 0 Å². The Morgan fingerprint density at radius 3 is 2.50 bits per heavy atom. The third kappa shape index (κ3) is 4.09. The molecule has 2 aromatic rings. The van der Waals surface area contributed by atoms with Crippen molar-refractivity contribution in [3.05, 3.63) is 69.2 Å². The van der Waals surface area contributed by atoms with E-state index in [1.165, 1.54) is 0 Å². The molecule has 0 aliphatic heterocycles. The molecular weight excluding hydrogens is 338 g/mol. The van der Waals surface area contributed by atoms with Crippen molar-refractivity contribution < 1.29 is 4.79 Å². The molecule has 0 bridgehead atoms. The first-order chi connectivity index (χ1) is 9.56. The van der Waals surface area contributed by atoms with Gasteiger partial charge in [0.1, 0.15) is 0 Å². The van der Waals surface area contributed by atoms with Gasteiger partial charge in [0, 0.05) is 21.1 Å². The van der Waals surface area contributed by atoms with E-state index in [9.17, 15) is 4.79 Å². The monoisotopic (exact) mass is 351 g/mol. The lowest BCUT2D eigenvalue weighted by atomic mass is 10.1. The topological polar surface area (TPSA) is 29.1 Å². The van der Waals surface area contributed by atoms with Gasteiger partial charge in [0.25, 0.3) is 5.91 Å². The predicted molar refractivity (Wildman–Crippen MR) is 86.2 cm³/mol. The Balaban J connectivity index is 1.98. The minimum absolute atomic E-state index is 0.0195. The summed E-state index contributed by atoms with van der Waals surface area (Å²) in [7, 11) is 0. The summed E-state index contributed by atoms with van der Waals surface area (Å²) in [6, 6.07) is 15.0. The second kappa shape index (κ2) is 6.91. The number of halogens is 2. The quantitative estimate of drug-likeness (QED) is 0.864. The van der Waals surface area contributed by atoms with Crippen molar-refractivity contribution in [1.29, 1.82) is 0 Å². The van der Waals surface area contributed by atoms with Gasteiger partial charge >= 0.3 is 0 Å². The van der Waals surface area contributed by atoms with Crippen LogP contribution in [-0.2, 0) is 6.42 Å². The van der Waals surface area contributed by atoms with E-state index in [0.717, 1.165) is 15.1 Å². The van der Waals surface area contributed by atoms with Gasteiger partial charge in [-0.05, 0) is 49.2 Å². The number of benzene rings is 2. The lowest BCUT2D eigenvalue weighted by Crippen LogP contribution is -2.34. The van der Waals surface area contributed by atoms with Crippen LogP contribution < -0.4 is 5.32 Å². The predicted octanol–water partition coefficient (Wildman–Crippen LogP) is 4.46. The minimum atomic E-state index is -0.0722. The number of hydrogen-bond acceptors (Lipinski definition) is 1. The molecule has 0 spiro atoms. The number of carbonyl (C=O) groups is 1. The van der Waals surface area contributed by atoms with E-state index in [1.807, 2.05) is 43.3 Å². The molecular formula is C16H15BrClNO. The Morgan fingerprint density at radius 1 is 1.20 bits per heavy atom. The van der Waals surface area contributed by atoms with Crippen LogP contribution in [0.4, 0.5) is 0 Å². The summed E-state index contributed by atoms with van der Waals surface area (Å²) in [5.74, 6) is -0.0722. The smallest absolute Gasteiger partial charge is 0.251 e. The molecule has 0 aromatic heterocycles. The summed E-state index contributed by atoms with van der Waals surface area (Å²) < 4.78 is 0.957. The molecule has 4 heteroatoms. The zero-order valence-corrected chi connectivity index (χ0v) is 13.4. The molecule has 0 fully saturated rings. The van der Waals surface area contributed by atoms with Gasteiger partial charge in [-0.3, -0.25) is 4.79 Å². The highest BCUT2D eigenvalue weighted by Crippen LogP contribution is 2.17. The Labute approximate surface area is 132 Å². The van der Waals surface area contributed by atoms with E-state index in [-0.39, 0.29) is 11.9 Å². The highest BCUT2D eigenvalue weighted by atomic mass is 79.9. The zero-order valence-electron chi connectivity index (χ0n) is 11.1. The molecule has 2 aromatic carbocycles. The standard InChI is InChI=1S/C16H15BrClNO/c1-11(10-13-4-2-3-5-15(13)18)19-16(20)12-6-8-14(17)9-7-12/h2-9,11H,10H2,1H3,(H,19,20). The first kappa shape index (κ1) is 15.1. The Kier molecular flexibility index (Phi) is 5.21. The molecule has 0 saturated heterocycles. The lowest BCUT2D eigenvalue weighted by Gasteiger charge is -2.15. The molecule has 20 heavy (non-hydrogen) atoms. The Morgan fingerprint density at radius 2 is 1.85 bits per heavy atom. The molecule has 1 atom stereocenters. The summed E-state index contributed by atoms with van der Waals surface area (Å²) >= 11 is 9.47. The van der Waals surface area contributed by atoms with Crippen molar-refractivity contribution in [1.82, 2.24) is 5.32 Å². The second-order valence-corrected chi connectivity index (χ2v) is 6.00. The van der Waals surface area contributed by atoms with Gasteiger partial charge < -0.3 is 5.32 Å². The van der Waals surface area contributed by atoms with Crippen LogP contribution >= 0.6 is 27.5 Å². The fourth-order valence-corrected chi connectivity index (χ4v) is 2.43. The molecule has 1 amide bonds. The van der Waals surface area contributed by atoms with Crippen LogP contribution in [0.15, 0.2) is 53.0 Å². The van der Waals surface area contributed by atoms with Gasteiger partial charge in [-0.1, -0.05) is 45.7 Å². The van der Waals surface area contributed by atoms with Gasteiger partial charge in [0.15, 0.2) is 0 Å². The van der Waals surface area contributed by atoms with Crippen molar-refractivity contribution in [2.24, 2.45) is 0 Å². The van der Waals surface area contributed by atoms with Crippen LogP contribution in [0.25, 0.3) is 0 Å². The molecule has 1 unspecified atom stereocenters. The molecule has 0 radical (unpaired) electrons. The van der Waals surface area contributed by atoms with E-state index in [1.54, 1.807) is 12.1 Å². The SMILES string of the molecule is CC(Cc1ccccc1Cl)NC(=O)c1ccc(Br)cc1. The Hall–Kier alpha value is -1.32. The van der Waals surface area contributed by atoms with Crippen LogP contribution in [0.1, 0.15) is 22.8 Å². The lowest BCUT2D eigenvalue weighted by molar-refractivity contribution is 0.0940. The zero-order chi connectivity index (χ0) is 14.5. The summed E-state index contributed by atoms with van der Waals surface area (Å²) in [6.45, 7) is 1.97. The van der Waals surface area contributed by atoms with Crippen LogP contribution in [-0.4, -0.2) is 11.9 Å². The highest BCUT2D eigenvalue weighted by Gasteiger charge is 2.11. The van der Waals surface area contributed by atoms with E-state index >= 15 is 0 Å². The van der Waals surface area contributed by atoms with Gasteiger partial charge in [0.2, 0.25) is 0 Å². The molecule has 0 aliphatic carbocycles. The molecule has 2 nitrogen and oxygen atoms in total. The number of nitrogens with one attached hydrogen (secondary N) is 1. The maximum Gasteiger partial charge on any atom is 0.251 e. The second-order valence-electron chi connectivity index (χ2n) is 4.68. The maximum atomic E-state index is 12.1. The average molecular weight is 353 g/mol. The van der Waals surface area contributed by atoms with Gasteiger partial charge in [-0.25, -0.2) is 0 Å². The van der Waals surface area contributed by atoms with Crippen molar-refractivity contribution >= 4 is 33.4 Å². The molecule has 104 valence electrons. The van der Waals surface area contributed by atoms with Crippen LogP contribution in [0.5, 0.6) is 0 Å². The molecule has 0 aliphatic rings. The van der Waals surface area contributed by atoms with Crippen molar-refractivity contribution in [3.8, 4) is 0 Å². The van der Waals surface area contributed by atoms with E-state index in [0.29, 0.717) is 12.0 Å². The van der Waals surface area contributed by atoms with E-state index in [2.05, 4.69) is 21.2 Å². The molecule has 2 rings (SSSR count). The summed E-state index contributed by atoms with van der Waals surface area (Å²) in [5, 5.41) is 3.71. The van der Waals surface area contributed by atoms with Crippen LogP contribution in [0, 0.1) is 0 Å². The summed E-state index contributed by atoms with van der Waals surface area (Å²) in [6.07, 6.45) is 0.710. The van der Waals surface area contributed by atoms with E-state index in [4.69, 9.17) is 11.6 Å². The first-order valence-corrected chi connectivity index (χ1v) is 7.53. The van der Waals surface area contributed by atoms with Gasteiger partial charge in [-0.15, -0.1) is 0 Å². The first-order valence-electron chi connectivity index (χ1n) is 6.36. The van der Waals surface area contributed by atoms with E-state index < -0.39 is 0 Å². The van der Waals surface area contributed by atoms with Crippen molar-refractivity contribution in [3.63, 3.8) is 0 Å². The number of carbonyl (C=O) groups excluding carboxylic acids is 1. The van der Waals surface area contributed by atoms with Crippen LogP contribution in [0.3, 0.4) is 0 Å². The molecule has 1 N–H and O–H groups in total. The Bertz CT molecular complexity index is 598. The number of hydrogen-bond donors (Lipinski definition) is 1. The number of amides is 1. The van der Waals surface area contributed by atoms with Crippen molar-refractivity contribution in [2.45, 2.75) is 19.4 Å². The average Bonchev–Trinajstić information content (AvgIpc) is 2.42. The largest absolute Gasteiger partial charge is 0.349 e. The van der Waals surface area contributed by atoms with Gasteiger partial charge in [-0.2, -0.15) is 0 Å².